The minimum Gasteiger partial charge on any atom is -0.371 e. The maximum atomic E-state index is 5.97. The molecular formula is C18H25N3. The predicted octanol–water partition coefficient (Wildman–Crippen LogP) is 3.85. The lowest BCUT2D eigenvalue weighted by Crippen LogP contribution is -2.32. The summed E-state index contributed by atoms with van der Waals surface area (Å²) in [6, 6.07) is 9.02. The van der Waals surface area contributed by atoms with Crippen LogP contribution in [0.1, 0.15) is 44.1 Å². The minimum absolute atomic E-state index is 0.546. The van der Waals surface area contributed by atoms with Gasteiger partial charge in [-0.2, -0.15) is 0 Å². The molecule has 1 fully saturated rings. The average Bonchev–Trinajstić information content (AvgIpc) is 2.82. The highest BCUT2D eigenvalue weighted by Crippen LogP contribution is 2.33. The van der Waals surface area contributed by atoms with Gasteiger partial charge in [-0.05, 0) is 18.9 Å². The van der Waals surface area contributed by atoms with Gasteiger partial charge in [-0.15, -0.1) is 0 Å². The summed E-state index contributed by atoms with van der Waals surface area (Å²) in [5.41, 5.74) is 9.47. The lowest BCUT2D eigenvalue weighted by Gasteiger charge is -2.32. The molecule has 1 aliphatic rings. The highest BCUT2D eigenvalue weighted by Gasteiger charge is 2.21. The molecule has 0 saturated heterocycles. The van der Waals surface area contributed by atoms with Crippen molar-refractivity contribution in [1.82, 2.24) is 4.98 Å². The Morgan fingerprint density at radius 3 is 2.57 bits per heavy atom. The van der Waals surface area contributed by atoms with E-state index >= 15 is 0 Å². The molecule has 112 valence electrons. The fraction of sp³-hybridized carbons (Fsp3) is 0.500. The molecule has 3 rings (SSSR count). The first-order chi connectivity index (χ1) is 10.3. The Balaban J connectivity index is 2.04. The maximum absolute atomic E-state index is 5.97. The molecule has 0 amide bonds. The Bertz CT molecular complexity index is 600. The van der Waals surface area contributed by atoms with Crippen LogP contribution in [0.25, 0.3) is 10.9 Å². The lowest BCUT2D eigenvalue weighted by molar-refractivity contribution is 0.553. The second-order valence-corrected chi connectivity index (χ2v) is 6.11. The molecule has 2 N–H and O–H groups in total. The van der Waals surface area contributed by atoms with Crippen molar-refractivity contribution < 1.29 is 0 Å². The fourth-order valence-electron chi connectivity index (χ4n) is 3.56. The maximum Gasteiger partial charge on any atom is 0.0723 e. The second-order valence-electron chi connectivity index (χ2n) is 6.11. The van der Waals surface area contributed by atoms with E-state index in [1.54, 1.807) is 0 Å². The van der Waals surface area contributed by atoms with Crippen molar-refractivity contribution in [2.24, 2.45) is 5.73 Å². The molecule has 2 aromatic rings. The molecule has 3 heteroatoms. The van der Waals surface area contributed by atoms with Crippen LogP contribution >= 0.6 is 0 Å². The SMILES string of the molecule is CN(c1c(CN)cnc2ccccc12)C1CCCCCC1. The van der Waals surface area contributed by atoms with E-state index in [9.17, 15) is 0 Å². The number of fused-ring (bicyclic) bond motifs is 1. The number of hydrogen-bond acceptors (Lipinski definition) is 3. The Kier molecular flexibility index (Phi) is 4.39. The zero-order valence-electron chi connectivity index (χ0n) is 12.9. The normalized spacial score (nSPS) is 16.9. The van der Waals surface area contributed by atoms with Gasteiger partial charge < -0.3 is 10.6 Å². The van der Waals surface area contributed by atoms with Crippen LogP contribution in [0.3, 0.4) is 0 Å². The van der Waals surface area contributed by atoms with E-state index in [0.717, 1.165) is 11.1 Å². The van der Waals surface area contributed by atoms with Crippen LogP contribution in [0, 0.1) is 0 Å². The fourth-order valence-corrected chi connectivity index (χ4v) is 3.56. The van der Waals surface area contributed by atoms with Gasteiger partial charge in [0.15, 0.2) is 0 Å². The minimum atomic E-state index is 0.546. The van der Waals surface area contributed by atoms with Crippen molar-refractivity contribution in [3.05, 3.63) is 36.0 Å². The van der Waals surface area contributed by atoms with E-state index < -0.39 is 0 Å². The van der Waals surface area contributed by atoms with Crippen LogP contribution in [0.2, 0.25) is 0 Å². The van der Waals surface area contributed by atoms with Crippen LogP contribution in [0.5, 0.6) is 0 Å². The number of anilines is 1. The largest absolute Gasteiger partial charge is 0.371 e. The second kappa shape index (κ2) is 6.44. The quantitative estimate of drug-likeness (QED) is 0.870. The van der Waals surface area contributed by atoms with Crippen LogP contribution < -0.4 is 10.6 Å². The molecule has 3 nitrogen and oxygen atoms in total. The Morgan fingerprint density at radius 1 is 1.14 bits per heavy atom. The molecule has 0 radical (unpaired) electrons. The molecule has 0 bridgehead atoms. The molecule has 1 aliphatic carbocycles. The van der Waals surface area contributed by atoms with E-state index in [2.05, 4.69) is 35.1 Å². The van der Waals surface area contributed by atoms with Gasteiger partial charge in [-0.3, -0.25) is 4.98 Å². The average molecular weight is 283 g/mol. The third-order valence-corrected chi connectivity index (χ3v) is 4.77. The molecular weight excluding hydrogens is 258 g/mol. The van der Waals surface area contributed by atoms with Gasteiger partial charge in [-0.25, -0.2) is 0 Å². The molecule has 1 saturated carbocycles. The number of nitrogens with two attached hydrogens (primary N) is 1. The van der Waals surface area contributed by atoms with Crippen molar-refractivity contribution >= 4 is 16.6 Å². The predicted molar refractivity (Wildman–Crippen MR) is 89.5 cm³/mol. The summed E-state index contributed by atoms with van der Waals surface area (Å²) in [6.07, 6.45) is 9.97. The van der Waals surface area contributed by atoms with Crippen LogP contribution in [-0.4, -0.2) is 18.1 Å². The van der Waals surface area contributed by atoms with Crippen LogP contribution in [-0.2, 0) is 6.54 Å². The number of hydrogen-bond donors (Lipinski definition) is 1. The first-order valence-electron chi connectivity index (χ1n) is 8.11. The van der Waals surface area contributed by atoms with Crippen molar-refractivity contribution in [2.75, 3.05) is 11.9 Å². The lowest BCUT2D eigenvalue weighted by atomic mass is 10.0. The summed E-state index contributed by atoms with van der Waals surface area (Å²) in [4.78, 5) is 7.02. The number of nitrogens with zero attached hydrogens (tertiary/aromatic N) is 2. The monoisotopic (exact) mass is 283 g/mol. The molecule has 0 unspecified atom stereocenters. The van der Waals surface area contributed by atoms with Gasteiger partial charge in [0.05, 0.1) is 11.2 Å². The van der Waals surface area contributed by atoms with Gasteiger partial charge >= 0.3 is 0 Å². The van der Waals surface area contributed by atoms with Gasteiger partial charge in [0.25, 0.3) is 0 Å². The number of rotatable bonds is 3. The van der Waals surface area contributed by atoms with Gasteiger partial charge in [-0.1, -0.05) is 43.9 Å². The molecule has 0 atom stereocenters. The number of benzene rings is 1. The smallest absolute Gasteiger partial charge is 0.0723 e. The first-order valence-corrected chi connectivity index (χ1v) is 8.11. The van der Waals surface area contributed by atoms with E-state index in [0.29, 0.717) is 12.6 Å². The van der Waals surface area contributed by atoms with E-state index in [1.807, 2.05) is 12.3 Å². The Hall–Kier alpha value is -1.61. The topological polar surface area (TPSA) is 42.1 Å². The summed E-state index contributed by atoms with van der Waals surface area (Å²) in [6.45, 7) is 0.546. The summed E-state index contributed by atoms with van der Waals surface area (Å²) < 4.78 is 0. The molecule has 21 heavy (non-hydrogen) atoms. The highest BCUT2D eigenvalue weighted by atomic mass is 15.1. The van der Waals surface area contributed by atoms with Crippen molar-refractivity contribution in [3.63, 3.8) is 0 Å². The zero-order chi connectivity index (χ0) is 14.7. The zero-order valence-corrected chi connectivity index (χ0v) is 12.9. The number of pyridine rings is 1. The summed E-state index contributed by atoms with van der Waals surface area (Å²) in [7, 11) is 2.23. The van der Waals surface area contributed by atoms with Crippen molar-refractivity contribution in [1.29, 1.82) is 0 Å². The standard InChI is InChI=1S/C18H25N3/c1-21(15-8-4-2-3-5-9-15)18-14(12-19)13-20-17-11-7-6-10-16(17)18/h6-7,10-11,13,15H,2-5,8-9,12,19H2,1H3. The van der Waals surface area contributed by atoms with Gasteiger partial charge in [0, 0.05) is 36.8 Å². The highest BCUT2D eigenvalue weighted by molar-refractivity contribution is 5.93. The Labute approximate surface area is 127 Å². The van der Waals surface area contributed by atoms with Crippen LogP contribution in [0.15, 0.2) is 30.5 Å². The van der Waals surface area contributed by atoms with E-state index in [4.69, 9.17) is 5.73 Å². The third-order valence-electron chi connectivity index (χ3n) is 4.77. The first kappa shape index (κ1) is 14.3. The van der Waals surface area contributed by atoms with E-state index in [-0.39, 0.29) is 0 Å². The molecule has 0 aliphatic heterocycles. The molecule has 0 spiro atoms. The summed E-state index contributed by atoms with van der Waals surface area (Å²) >= 11 is 0. The number of aromatic nitrogens is 1. The molecule has 1 aromatic heterocycles. The van der Waals surface area contributed by atoms with E-state index in [1.165, 1.54) is 49.6 Å². The van der Waals surface area contributed by atoms with Crippen molar-refractivity contribution in [2.45, 2.75) is 51.1 Å². The van der Waals surface area contributed by atoms with Gasteiger partial charge in [0.1, 0.15) is 0 Å². The summed E-state index contributed by atoms with van der Waals surface area (Å²) in [5, 5.41) is 1.23. The third kappa shape index (κ3) is 2.88. The van der Waals surface area contributed by atoms with Crippen molar-refractivity contribution in [3.8, 4) is 0 Å². The molecule has 1 heterocycles. The molecule has 1 aromatic carbocycles. The van der Waals surface area contributed by atoms with Gasteiger partial charge in [0.2, 0.25) is 0 Å². The Morgan fingerprint density at radius 2 is 1.86 bits per heavy atom. The number of para-hydroxylation sites is 1. The van der Waals surface area contributed by atoms with Crippen LogP contribution in [0.4, 0.5) is 5.69 Å². The summed E-state index contributed by atoms with van der Waals surface area (Å²) in [5.74, 6) is 0.